The molecule has 0 aliphatic rings. The van der Waals surface area contributed by atoms with Crippen LogP contribution in [0, 0.1) is 5.41 Å². The number of ketones is 1. The average molecular weight is 353 g/mol. The van der Waals surface area contributed by atoms with Gasteiger partial charge in [-0.3, -0.25) is 4.79 Å². The molecule has 0 fully saturated rings. The second-order valence-electron chi connectivity index (χ2n) is 5.84. The predicted molar refractivity (Wildman–Crippen MR) is 109 cm³/mol. The number of carbonyl (C=O) groups excluding carboxylic acids is 1. The van der Waals surface area contributed by atoms with Gasteiger partial charge in [-0.15, -0.1) is 0 Å². The Balaban J connectivity index is 3.59. The Labute approximate surface area is 155 Å². The van der Waals surface area contributed by atoms with Gasteiger partial charge in [-0.1, -0.05) is 31.2 Å². The van der Waals surface area contributed by atoms with E-state index in [-0.39, 0.29) is 11.5 Å². The zero-order valence-electron chi connectivity index (χ0n) is 16.1. The third-order valence-corrected chi connectivity index (χ3v) is 3.72. The van der Waals surface area contributed by atoms with Crippen LogP contribution < -0.4 is 5.32 Å². The fourth-order valence-electron chi connectivity index (χ4n) is 2.40. The fourth-order valence-corrected chi connectivity index (χ4v) is 2.40. The van der Waals surface area contributed by atoms with Crippen molar-refractivity contribution in [1.82, 2.24) is 10.2 Å². The molecule has 1 aromatic carbocycles. The Morgan fingerprint density at radius 2 is 1.96 bits per heavy atom. The maximum absolute atomic E-state index is 13.3. The van der Waals surface area contributed by atoms with Crippen molar-refractivity contribution in [3.63, 3.8) is 0 Å². The molecule has 1 rings (SSSR count). The second kappa shape index (κ2) is 10.1. The van der Waals surface area contributed by atoms with Crippen LogP contribution in [0.15, 0.2) is 57.8 Å². The van der Waals surface area contributed by atoms with E-state index in [2.05, 4.69) is 22.0 Å². The van der Waals surface area contributed by atoms with Crippen LogP contribution >= 0.6 is 0 Å². The minimum Gasteiger partial charge on any atom is -0.393 e. The number of Topliss-reactive ketones (excluding diaryl/α,β-unsaturated/α-hetero) is 1. The van der Waals surface area contributed by atoms with E-state index in [0.717, 1.165) is 12.0 Å². The van der Waals surface area contributed by atoms with Gasteiger partial charge in [-0.2, -0.15) is 0 Å². The van der Waals surface area contributed by atoms with Gasteiger partial charge in [0.2, 0.25) is 5.96 Å². The standard InChI is InChI=1S/C20H27N5O/c1-7-15-10-8-9-11-16(15)19(26)18(17(12-22-3)14(2)21)13-24-20(23-4)25(5)6/h8-13,21-22H,4,7H2,1-3,5-6H3/b17-12+,18-13+,21-14?,24-20+. The molecule has 0 atom stereocenters. The predicted octanol–water partition coefficient (Wildman–Crippen LogP) is 3.08. The van der Waals surface area contributed by atoms with E-state index in [1.54, 1.807) is 45.2 Å². The summed E-state index contributed by atoms with van der Waals surface area (Å²) in [6.45, 7) is 7.14. The molecule has 0 aromatic heterocycles. The molecule has 0 bridgehead atoms. The zero-order valence-corrected chi connectivity index (χ0v) is 16.1. The molecule has 0 amide bonds. The van der Waals surface area contributed by atoms with Crippen LogP contribution in [0.5, 0.6) is 0 Å². The molecule has 0 spiro atoms. The van der Waals surface area contributed by atoms with Gasteiger partial charge in [-0.25, -0.2) is 9.98 Å². The van der Waals surface area contributed by atoms with Crippen LogP contribution in [-0.2, 0) is 6.42 Å². The van der Waals surface area contributed by atoms with Gasteiger partial charge in [0.15, 0.2) is 5.78 Å². The lowest BCUT2D eigenvalue weighted by molar-refractivity contribution is 0.103. The molecule has 2 N–H and O–H groups in total. The van der Waals surface area contributed by atoms with Gasteiger partial charge in [-0.05, 0) is 25.6 Å². The number of benzene rings is 1. The van der Waals surface area contributed by atoms with Crippen LogP contribution in [0.2, 0.25) is 0 Å². The molecule has 0 unspecified atom stereocenters. The zero-order chi connectivity index (χ0) is 19.7. The van der Waals surface area contributed by atoms with Crippen LogP contribution in [-0.4, -0.2) is 50.2 Å². The van der Waals surface area contributed by atoms with E-state index in [0.29, 0.717) is 22.7 Å². The molecule has 0 heterocycles. The minimum atomic E-state index is -0.179. The van der Waals surface area contributed by atoms with Crippen LogP contribution in [0.1, 0.15) is 29.8 Å². The highest BCUT2D eigenvalue weighted by Gasteiger charge is 2.20. The first-order chi connectivity index (χ1) is 12.4. The Morgan fingerprint density at radius 1 is 1.31 bits per heavy atom. The number of hydrogen-bond donors (Lipinski definition) is 2. The monoisotopic (exact) mass is 353 g/mol. The molecular formula is C20H27N5O. The van der Waals surface area contributed by atoms with E-state index in [9.17, 15) is 4.79 Å². The van der Waals surface area contributed by atoms with Crippen molar-refractivity contribution in [2.75, 3.05) is 21.1 Å². The van der Waals surface area contributed by atoms with Gasteiger partial charge >= 0.3 is 0 Å². The molecule has 0 radical (unpaired) electrons. The van der Waals surface area contributed by atoms with Gasteiger partial charge in [0.25, 0.3) is 0 Å². The molecule has 1 aromatic rings. The number of nitrogens with one attached hydrogen (secondary N) is 2. The summed E-state index contributed by atoms with van der Waals surface area (Å²) in [7, 11) is 5.31. The van der Waals surface area contributed by atoms with Crippen molar-refractivity contribution < 1.29 is 4.79 Å². The van der Waals surface area contributed by atoms with Gasteiger partial charge < -0.3 is 15.6 Å². The first kappa shape index (κ1) is 21.0. The van der Waals surface area contributed by atoms with Crippen molar-refractivity contribution >= 4 is 24.2 Å². The average Bonchev–Trinajstić information content (AvgIpc) is 2.63. The van der Waals surface area contributed by atoms with Gasteiger partial charge in [0.1, 0.15) is 0 Å². The molecule has 6 nitrogen and oxygen atoms in total. The number of carbonyl (C=O) groups is 1. The summed E-state index contributed by atoms with van der Waals surface area (Å²) in [4.78, 5) is 23.1. The first-order valence-electron chi connectivity index (χ1n) is 8.35. The smallest absolute Gasteiger partial charge is 0.224 e. The number of nitrogens with zero attached hydrogens (tertiary/aromatic N) is 3. The Bertz CT molecular complexity index is 772. The third-order valence-electron chi connectivity index (χ3n) is 3.72. The number of aryl methyl sites for hydroxylation is 1. The summed E-state index contributed by atoms with van der Waals surface area (Å²) in [5, 5.41) is 11.0. The highest BCUT2D eigenvalue weighted by Crippen LogP contribution is 2.21. The normalized spacial score (nSPS) is 12.6. The largest absolute Gasteiger partial charge is 0.393 e. The lowest BCUT2D eigenvalue weighted by Crippen LogP contribution is -2.19. The molecule has 138 valence electrons. The Kier molecular flexibility index (Phi) is 8.15. The van der Waals surface area contributed by atoms with E-state index >= 15 is 0 Å². The van der Waals surface area contributed by atoms with Crippen molar-refractivity contribution in [1.29, 1.82) is 5.41 Å². The summed E-state index contributed by atoms with van der Waals surface area (Å²) >= 11 is 0. The maximum atomic E-state index is 13.3. The molecule has 26 heavy (non-hydrogen) atoms. The topological polar surface area (TPSA) is 80.9 Å². The van der Waals surface area contributed by atoms with Crippen LogP contribution in [0.4, 0.5) is 0 Å². The molecule has 6 heteroatoms. The maximum Gasteiger partial charge on any atom is 0.224 e. The summed E-state index contributed by atoms with van der Waals surface area (Å²) < 4.78 is 0. The number of allylic oxidation sites excluding steroid dienone is 2. The SMILES string of the molecule is C=N\C(=N/C=C(C(=O)c1ccccc1CC)\C(=C\NC)C(C)=N)N(C)C. The molecular weight excluding hydrogens is 326 g/mol. The van der Waals surface area contributed by atoms with Gasteiger partial charge in [0.05, 0.1) is 5.57 Å². The minimum absolute atomic E-state index is 0.179. The van der Waals surface area contributed by atoms with Crippen molar-refractivity contribution in [3.05, 3.63) is 58.9 Å². The lowest BCUT2D eigenvalue weighted by atomic mass is 9.92. The number of rotatable bonds is 7. The molecule has 0 saturated heterocycles. The lowest BCUT2D eigenvalue weighted by Gasteiger charge is -2.13. The van der Waals surface area contributed by atoms with Crippen molar-refractivity contribution in [3.8, 4) is 0 Å². The quantitative estimate of drug-likeness (QED) is 0.260. The Hall–Kier alpha value is -3.02. The summed E-state index contributed by atoms with van der Waals surface area (Å²) in [5.41, 5.74) is 2.64. The van der Waals surface area contributed by atoms with Gasteiger partial charge in [0, 0.05) is 50.4 Å². The van der Waals surface area contributed by atoms with E-state index in [1.165, 1.54) is 6.20 Å². The fraction of sp³-hybridized carbons (Fsp3) is 0.300. The third kappa shape index (κ3) is 5.24. The number of hydrogen-bond acceptors (Lipinski definition) is 4. The molecule has 0 aliphatic heterocycles. The second-order valence-corrected chi connectivity index (χ2v) is 5.84. The summed E-state index contributed by atoms with van der Waals surface area (Å²) in [5.74, 6) is 0.201. The van der Waals surface area contributed by atoms with E-state index < -0.39 is 0 Å². The highest BCUT2D eigenvalue weighted by molar-refractivity contribution is 6.19. The summed E-state index contributed by atoms with van der Waals surface area (Å²) in [6.07, 6.45) is 3.83. The van der Waals surface area contributed by atoms with Crippen LogP contribution in [0.3, 0.4) is 0 Å². The van der Waals surface area contributed by atoms with E-state index in [4.69, 9.17) is 5.41 Å². The Morgan fingerprint density at radius 3 is 2.46 bits per heavy atom. The number of aliphatic imine (C=N–C) groups is 2. The van der Waals surface area contributed by atoms with Crippen molar-refractivity contribution in [2.45, 2.75) is 20.3 Å². The first-order valence-corrected chi connectivity index (χ1v) is 8.35. The summed E-state index contributed by atoms with van der Waals surface area (Å²) in [6, 6.07) is 7.48. The highest BCUT2D eigenvalue weighted by atomic mass is 16.1. The van der Waals surface area contributed by atoms with Crippen LogP contribution in [0.25, 0.3) is 0 Å². The number of guanidine groups is 1. The molecule has 0 saturated carbocycles. The van der Waals surface area contributed by atoms with Crippen molar-refractivity contribution in [2.24, 2.45) is 9.98 Å². The molecule has 0 aliphatic carbocycles. The van der Waals surface area contributed by atoms with E-state index in [1.807, 2.05) is 25.1 Å².